The summed E-state index contributed by atoms with van der Waals surface area (Å²) in [5.41, 5.74) is 9.64. The van der Waals surface area contributed by atoms with E-state index in [4.69, 9.17) is 17.3 Å². The van der Waals surface area contributed by atoms with Crippen LogP contribution < -0.4 is 10.6 Å². The second-order valence-corrected chi connectivity index (χ2v) is 6.77. The molecule has 2 aromatic rings. The summed E-state index contributed by atoms with van der Waals surface area (Å²) in [6.07, 6.45) is 1.03. The highest BCUT2D eigenvalue weighted by atomic mass is 79.9. The Labute approximate surface area is 139 Å². The molecule has 1 unspecified atom stereocenters. The molecule has 110 valence electrons. The van der Waals surface area contributed by atoms with E-state index in [-0.39, 0.29) is 0 Å². The highest BCUT2D eigenvalue weighted by Gasteiger charge is 2.27. The van der Waals surface area contributed by atoms with Gasteiger partial charge in [0, 0.05) is 34.2 Å². The van der Waals surface area contributed by atoms with Crippen LogP contribution in [0.2, 0.25) is 5.02 Å². The van der Waals surface area contributed by atoms with E-state index < -0.39 is 0 Å². The predicted octanol–water partition coefficient (Wildman–Crippen LogP) is 4.56. The molecule has 0 amide bonds. The van der Waals surface area contributed by atoms with Crippen LogP contribution in [-0.2, 0) is 6.54 Å². The van der Waals surface area contributed by atoms with Gasteiger partial charge < -0.3 is 10.6 Å². The Morgan fingerprint density at radius 2 is 2.05 bits per heavy atom. The normalized spacial score (nSPS) is 17.1. The molecule has 4 heteroatoms. The van der Waals surface area contributed by atoms with Gasteiger partial charge in [-0.05, 0) is 42.3 Å². The van der Waals surface area contributed by atoms with E-state index in [1.54, 1.807) is 0 Å². The van der Waals surface area contributed by atoms with E-state index >= 15 is 0 Å². The van der Waals surface area contributed by atoms with Crippen LogP contribution in [-0.4, -0.2) is 13.1 Å². The van der Waals surface area contributed by atoms with Gasteiger partial charge >= 0.3 is 0 Å². The van der Waals surface area contributed by atoms with Crippen molar-refractivity contribution in [3.05, 3.63) is 63.1 Å². The van der Waals surface area contributed by atoms with Gasteiger partial charge in [-0.25, -0.2) is 0 Å². The summed E-state index contributed by atoms with van der Waals surface area (Å²) < 4.78 is 1.01. The molecule has 0 saturated carbocycles. The molecule has 21 heavy (non-hydrogen) atoms. The number of rotatable bonds is 4. The molecule has 2 aromatic carbocycles. The highest BCUT2D eigenvalue weighted by molar-refractivity contribution is 9.10. The quantitative estimate of drug-likeness (QED) is 0.861. The number of anilines is 1. The summed E-state index contributed by atoms with van der Waals surface area (Å²) in [6, 6.07) is 14.7. The van der Waals surface area contributed by atoms with Crippen molar-refractivity contribution in [3.8, 4) is 0 Å². The van der Waals surface area contributed by atoms with Crippen molar-refractivity contribution in [2.45, 2.75) is 18.9 Å². The smallest absolute Gasteiger partial charge is 0.0467 e. The Balaban J connectivity index is 1.86. The fourth-order valence-corrected chi connectivity index (χ4v) is 3.77. The maximum atomic E-state index is 6.36. The van der Waals surface area contributed by atoms with Crippen LogP contribution in [0.3, 0.4) is 0 Å². The molecular weight excluding hydrogens is 348 g/mol. The van der Waals surface area contributed by atoms with E-state index in [1.165, 1.54) is 11.3 Å². The second-order valence-electron chi connectivity index (χ2n) is 5.45. The number of hydrogen-bond acceptors (Lipinski definition) is 2. The zero-order valence-electron chi connectivity index (χ0n) is 11.7. The van der Waals surface area contributed by atoms with Gasteiger partial charge in [0.05, 0.1) is 0 Å². The third kappa shape index (κ3) is 3.10. The number of fused-ring (bicyclic) bond motifs is 1. The molecular formula is C17H18BrClN2. The zero-order valence-corrected chi connectivity index (χ0v) is 14.1. The van der Waals surface area contributed by atoms with Crippen LogP contribution in [0.5, 0.6) is 0 Å². The lowest BCUT2D eigenvalue weighted by Gasteiger charge is -2.21. The summed E-state index contributed by atoms with van der Waals surface area (Å²) in [5, 5.41) is 0.809. The summed E-state index contributed by atoms with van der Waals surface area (Å²) >= 11 is 9.81. The molecule has 1 heterocycles. The van der Waals surface area contributed by atoms with Crippen LogP contribution >= 0.6 is 27.5 Å². The van der Waals surface area contributed by atoms with Gasteiger partial charge in [-0.1, -0.05) is 51.8 Å². The van der Waals surface area contributed by atoms with Gasteiger partial charge in [-0.2, -0.15) is 0 Å². The van der Waals surface area contributed by atoms with Crippen molar-refractivity contribution in [1.82, 2.24) is 0 Å². The van der Waals surface area contributed by atoms with Crippen molar-refractivity contribution >= 4 is 33.2 Å². The average molecular weight is 366 g/mol. The lowest BCUT2D eigenvalue weighted by atomic mass is 9.98. The van der Waals surface area contributed by atoms with E-state index in [0.29, 0.717) is 5.92 Å². The van der Waals surface area contributed by atoms with E-state index in [0.717, 1.165) is 41.1 Å². The van der Waals surface area contributed by atoms with Crippen molar-refractivity contribution in [3.63, 3.8) is 0 Å². The van der Waals surface area contributed by atoms with Crippen molar-refractivity contribution < 1.29 is 0 Å². The first kappa shape index (κ1) is 14.9. The van der Waals surface area contributed by atoms with Gasteiger partial charge in [0.15, 0.2) is 0 Å². The molecule has 0 aromatic heterocycles. The molecule has 0 radical (unpaired) electrons. The molecule has 1 atom stereocenters. The first-order chi connectivity index (χ1) is 10.2. The predicted molar refractivity (Wildman–Crippen MR) is 93.1 cm³/mol. The standard InChI is InChI=1S/C17H18BrClN2/c18-14-6-5-13(16(19)9-14)11-21-10-12(7-8-20)15-3-1-2-4-17(15)21/h1-6,9,12H,7-8,10-11,20H2. The van der Waals surface area contributed by atoms with Crippen LogP contribution in [0.25, 0.3) is 0 Å². The van der Waals surface area contributed by atoms with Crippen LogP contribution in [0.1, 0.15) is 23.5 Å². The number of nitrogens with zero attached hydrogens (tertiary/aromatic N) is 1. The van der Waals surface area contributed by atoms with Gasteiger partial charge in [0.1, 0.15) is 0 Å². The molecule has 2 N–H and O–H groups in total. The zero-order chi connectivity index (χ0) is 14.8. The minimum Gasteiger partial charge on any atom is -0.366 e. The first-order valence-corrected chi connectivity index (χ1v) is 8.34. The maximum absolute atomic E-state index is 6.36. The van der Waals surface area contributed by atoms with Crippen LogP contribution in [0, 0.1) is 0 Å². The Hall–Kier alpha value is -1.03. The molecule has 0 saturated heterocycles. The summed E-state index contributed by atoms with van der Waals surface area (Å²) in [4.78, 5) is 2.41. The second kappa shape index (κ2) is 6.39. The molecule has 0 spiro atoms. The number of benzene rings is 2. The lowest BCUT2D eigenvalue weighted by Crippen LogP contribution is -2.22. The summed E-state index contributed by atoms with van der Waals surface area (Å²) in [6.45, 7) is 2.58. The first-order valence-electron chi connectivity index (χ1n) is 7.17. The third-order valence-electron chi connectivity index (χ3n) is 4.05. The number of hydrogen-bond donors (Lipinski definition) is 1. The Morgan fingerprint density at radius 1 is 1.24 bits per heavy atom. The molecule has 1 aliphatic heterocycles. The van der Waals surface area contributed by atoms with Gasteiger partial charge in [-0.3, -0.25) is 0 Å². The molecule has 0 fully saturated rings. The van der Waals surface area contributed by atoms with Gasteiger partial charge in [0.25, 0.3) is 0 Å². The van der Waals surface area contributed by atoms with E-state index in [1.807, 2.05) is 12.1 Å². The monoisotopic (exact) mass is 364 g/mol. The fraction of sp³-hybridized carbons (Fsp3) is 0.294. The minimum absolute atomic E-state index is 0.528. The van der Waals surface area contributed by atoms with Crippen molar-refractivity contribution in [2.75, 3.05) is 18.0 Å². The highest BCUT2D eigenvalue weighted by Crippen LogP contribution is 2.39. The summed E-state index contributed by atoms with van der Waals surface area (Å²) in [7, 11) is 0. The summed E-state index contributed by atoms with van der Waals surface area (Å²) in [5.74, 6) is 0.528. The SMILES string of the molecule is NCCC1CN(Cc2ccc(Br)cc2Cl)c2ccccc21. The molecule has 1 aliphatic rings. The third-order valence-corrected chi connectivity index (χ3v) is 4.89. The number of para-hydroxylation sites is 1. The minimum atomic E-state index is 0.528. The van der Waals surface area contributed by atoms with E-state index in [9.17, 15) is 0 Å². The number of nitrogens with two attached hydrogens (primary N) is 1. The largest absolute Gasteiger partial charge is 0.366 e. The van der Waals surface area contributed by atoms with Crippen LogP contribution in [0.15, 0.2) is 46.9 Å². The fourth-order valence-electron chi connectivity index (χ4n) is 3.04. The Morgan fingerprint density at radius 3 is 2.81 bits per heavy atom. The van der Waals surface area contributed by atoms with E-state index in [2.05, 4.69) is 51.2 Å². The van der Waals surface area contributed by atoms with Gasteiger partial charge in [-0.15, -0.1) is 0 Å². The van der Waals surface area contributed by atoms with Crippen LogP contribution in [0.4, 0.5) is 5.69 Å². The molecule has 3 rings (SSSR count). The molecule has 2 nitrogen and oxygen atoms in total. The average Bonchev–Trinajstić information content (AvgIpc) is 2.81. The molecule has 0 bridgehead atoms. The lowest BCUT2D eigenvalue weighted by molar-refractivity contribution is 0.644. The van der Waals surface area contributed by atoms with Gasteiger partial charge in [0.2, 0.25) is 0 Å². The van der Waals surface area contributed by atoms with Crippen molar-refractivity contribution in [1.29, 1.82) is 0 Å². The Bertz CT molecular complexity index is 644. The Kier molecular flexibility index (Phi) is 4.53. The number of halogens is 2. The van der Waals surface area contributed by atoms with Crippen molar-refractivity contribution in [2.24, 2.45) is 5.73 Å². The topological polar surface area (TPSA) is 29.3 Å². The maximum Gasteiger partial charge on any atom is 0.0467 e. The molecule has 0 aliphatic carbocycles.